The van der Waals surface area contributed by atoms with E-state index in [-0.39, 0.29) is 11.7 Å². The van der Waals surface area contributed by atoms with E-state index in [1.807, 2.05) is 18.2 Å². The number of nitrogens with one attached hydrogen (secondary N) is 1. The van der Waals surface area contributed by atoms with Crippen molar-refractivity contribution in [2.75, 3.05) is 5.32 Å². The molecule has 2 aromatic rings. The Morgan fingerprint density at radius 1 is 1.06 bits per heavy atom. The van der Waals surface area contributed by atoms with E-state index >= 15 is 0 Å². The Bertz CT molecular complexity index is 553. The maximum atomic E-state index is 11.9. The predicted octanol–water partition coefficient (Wildman–Crippen LogP) is 3.26. The van der Waals surface area contributed by atoms with Crippen molar-refractivity contribution in [2.24, 2.45) is 0 Å². The van der Waals surface area contributed by atoms with Gasteiger partial charge in [-0.1, -0.05) is 18.2 Å². The third-order valence-electron chi connectivity index (χ3n) is 2.78. The van der Waals surface area contributed by atoms with Gasteiger partial charge in [0.05, 0.1) is 0 Å². The number of rotatable bonds is 2. The first kappa shape index (κ1) is 12.2. The molecule has 0 aliphatic rings. The lowest BCUT2D eigenvalue weighted by atomic mass is 10.1. The number of benzene rings is 2. The molecule has 0 spiro atoms. The molecule has 92 valence electrons. The molecular weight excluding hydrogens is 226 g/mol. The van der Waals surface area contributed by atoms with Gasteiger partial charge in [-0.2, -0.15) is 0 Å². The van der Waals surface area contributed by atoms with E-state index in [4.69, 9.17) is 0 Å². The first-order valence-corrected chi connectivity index (χ1v) is 5.74. The average Bonchev–Trinajstić information content (AvgIpc) is 2.37. The number of anilines is 1. The number of hydrogen-bond acceptors (Lipinski definition) is 2. The third kappa shape index (κ3) is 2.51. The average molecular weight is 241 g/mol. The van der Waals surface area contributed by atoms with Gasteiger partial charge in [0, 0.05) is 11.3 Å². The highest BCUT2D eigenvalue weighted by atomic mass is 16.3. The summed E-state index contributed by atoms with van der Waals surface area (Å²) in [5.41, 5.74) is 2.80. The van der Waals surface area contributed by atoms with Crippen LogP contribution in [-0.4, -0.2) is 11.0 Å². The van der Waals surface area contributed by atoms with Crippen LogP contribution >= 0.6 is 0 Å². The Labute approximate surface area is 106 Å². The quantitative estimate of drug-likeness (QED) is 0.793. The second kappa shape index (κ2) is 4.92. The van der Waals surface area contributed by atoms with E-state index in [1.165, 1.54) is 0 Å². The summed E-state index contributed by atoms with van der Waals surface area (Å²) in [5, 5.41) is 12.5. The van der Waals surface area contributed by atoms with Gasteiger partial charge < -0.3 is 10.4 Å². The van der Waals surface area contributed by atoms with Crippen molar-refractivity contribution in [2.45, 2.75) is 13.8 Å². The molecule has 0 unspecified atom stereocenters. The molecule has 2 aromatic carbocycles. The largest absolute Gasteiger partial charge is 0.507 e. The van der Waals surface area contributed by atoms with Crippen molar-refractivity contribution in [3.8, 4) is 5.75 Å². The molecule has 2 rings (SSSR count). The van der Waals surface area contributed by atoms with Crippen LogP contribution in [0, 0.1) is 13.8 Å². The van der Waals surface area contributed by atoms with Crippen molar-refractivity contribution < 1.29 is 9.90 Å². The molecule has 0 heterocycles. The molecule has 2 N–H and O–H groups in total. The number of aryl methyl sites for hydroxylation is 2. The SMILES string of the molecule is Cc1cc(NC(=O)c2ccccc2)cc(C)c1O. The molecule has 0 radical (unpaired) electrons. The van der Waals surface area contributed by atoms with Crippen LogP contribution in [0.5, 0.6) is 5.75 Å². The monoisotopic (exact) mass is 241 g/mol. The van der Waals surface area contributed by atoms with E-state index in [0.717, 1.165) is 11.1 Å². The predicted molar refractivity (Wildman–Crippen MR) is 72.0 cm³/mol. The number of carbonyl (C=O) groups is 1. The molecule has 0 saturated heterocycles. The zero-order chi connectivity index (χ0) is 13.1. The zero-order valence-corrected chi connectivity index (χ0v) is 10.4. The molecule has 0 bridgehead atoms. The highest BCUT2D eigenvalue weighted by Crippen LogP contribution is 2.25. The van der Waals surface area contributed by atoms with Gasteiger partial charge in [-0.25, -0.2) is 0 Å². The van der Waals surface area contributed by atoms with Crippen molar-refractivity contribution >= 4 is 11.6 Å². The summed E-state index contributed by atoms with van der Waals surface area (Å²) in [5.74, 6) is 0.118. The number of amides is 1. The summed E-state index contributed by atoms with van der Waals surface area (Å²) in [6.07, 6.45) is 0. The molecule has 0 aromatic heterocycles. The lowest BCUT2D eigenvalue weighted by Gasteiger charge is -2.09. The van der Waals surface area contributed by atoms with E-state index in [1.54, 1.807) is 38.1 Å². The van der Waals surface area contributed by atoms with Crippen LogP contribution in [0.3, 0.4) is 0 Å². The zero-order valence-electron chi connectivity index (χ0n) is 10.4. The highest BCUT2D eigenvalue weighted by Gasteiger charge is 2.08. The van der Waals surface area contributed by atoms with Gasteiger partial charge in [0.15, 0.2) is 0 Å². The van der Waals surface area contributed by atoms with Gasteiger partial charge in [0.2, 0.25) is 0 Å². The van der Waals surface area contributed by atoms with Crippen LogP contribution in [0.4, 0.5) is 5.69 Å². The minimum absolute atomic E-state index is 0.153. The van der Waals surface area contributed by atoms with Gasteiger partial charge in [-0.05, 0) is 49.2 Å². The van der Waals surface area contributed by atoms with Crippen LogP contribution in [0.1, 0.15) is 21.5 Å². The Balaban J connectivity index is 2.23. The number of aromatic hydroxyl groups is 1. The summed E-state index contributed by atoms with van der Waals surface area (Å²) in [4.78, 5) is 11.9. The normalized spacial score (nSPS) is 10.1. The Morgan fingerprint density at radius 2 is 1.61 bits per heavy atom. The first-order valence-electron chi connectivity index (χ1n) is 5.74. The summed E-state index contributed by atoms with van der Waals surface area (Å²) >= 11 is 0. The van der Waals surface area contributed by atoms with Crippen molar-refractivity contribution in [3.63, 3.8) is 0 Å². The fourth-order valence-electron chi connectivity index (χ4n) is 1.82. The number of hydrogen-bond donors (Lipinski definition) is 2. The molecule has 0 saturated carbocycles. The molecule has 3 nitrogen and oxygen atoms in total. The topological polar surface area (TPSA) is 49.3 Å². The van der Waals surface area contributed by atoms with Crippen LogP contribution in [0.2, 0.25) is 0 Å². The summed E-state index contributed by atoms with van der Waals surface area (Å²) < 4.78 is 0. The molecule has 0 fully saturated rings. The molecule has 0 atom stereocenters. The maximum absolute atomic E-state index is 11.9. The summed E-state index contributed by atoms with van der Waals surface area (Å²) in [6, 6.07) is 12.5. The van der Waals surface area contributed by atoms with Crippen LogP contribution in [0.25, 0.3) is 0 Å². The van der Waals surface area contributed by atoms with Crippen LogP contribution in [0.15, 0.2) is 42.5 Å². The van der Waals surface area contributed by atoms with E-state index < -0.39 is 0 Å². The lowest BCUT2D eigenvalue weighted by Crippen LogP contribution is -2.11. The van der Waals surface area contributed by atoms with Gasteiger partial charge in [0.25, 0.3) is 5.91 Å². The third-order valence-corrected chi connectivity index (χ3v) is 2.78. The Hall–Kier alpha value is -2.29. The minimum Gasteiger partial charge on any atom is -0.507 e. The molecule has 1 amide bonds. The van der Waals surface area contributed by atoms with E-state index in [0.29, 0.717) is 11.3 Å². The van der Waals surface area contributed by atoms with Crippen molar-refractivity contribution in [1.29, 1.82) is 0 Å². The second-order valence-electron chi connectivity index (χ2n) is 4.28. The number of phenolic OH excluding ortho intramolecular Hbond substituents is 1. The summed E-state index contributed by atoms with van der Waals surface area (Å²) in [7, 11) is 0. The molecular formula is C15H15NO2. The number of carbonyl (C=O) groups excluding carboxylic acids is 1. The first-order chi connectivity index (χ1) is 8.58. The second-order valence-corrected chi connectivity index (χ2v) is 4.28. The standard InChI is InChI=1S/C15H15NO2/c1-10-8-13(9-11(2)14(10)17)16-15(18)12-6-4-3-5-7-12/h3-9,17H,1-2H3,(H,16,18). The van der Waals surface area contributed by atoms with Crippen LogP contribution < -0.4 is 5.32 Å². The van der Waals surface area contributed by atoms with Gasteiger partial charge >= 0.3 is 0 Å². The fourth-order valence-corrected chi connectivity index (χ4v) is 1.82. The van der Waals surface area contributed by atoms with E-state index in [2.05, 4.69) is 5.32 Å². The van der Waals surface area contributed by atoms with Gasteiger partial charge in [-0.3, -0.25) is 4.79 Å². The molecule has 0 aliphatic carbocycles. The number of phenols is 1. The smallest absolute Gasteiger partial charge is 0.255 e. The fraction of sp³-hybridized carbons (Fsp3) is 0.133. The van der Waals surface area contributed by atoms with Crippen molar-refractivity contribution in [1.82, 2.24) is 0 Å². The molecule has 18 heavy (non-hydrogen) atoms. The Morgan fingerprint density at radius 3 is 2.17 bits per heavy atom. The van der Waals surface area contributed by atoms with Crippen molar-refractivity contribution in [3.05, 3.63) is 59.2 Å². The van der Waals surface area contributed by atoms with Gasteiger partial charge in [0.1, 0.15) is 5.75 Å². The van der Waals surface area contributed by atoms with E-state index in [9.17, 15) is 9.90 Å². The summed E-state index contributed by atoms with van der Waals surface area (Å²) in [6.45, 7) is 3.61. The Kier molecular flexibility index (Phi) is 3.33. The van der Waals surface area contributed by atoms with Gasteiger partial charge in [-0.15, -0.1) is 0 Å². The maximum Gasteiger partial charge on any atom is 0.255 e. The highest BCUT2D eigenvalue weighted by molar-refractivity contribution is 6.04. The molecule has 3 heteroatoms. The van der Waals surface area contributed by atoms with Crippen LogP contribution in [-0.2, 0) is 0 Å². The lowest BCUT2D eigenvalue weighted by molar-refractivity contribution is 0.102. The minimum atomic E-state index is -0.153. The molecule has 0 aliphatic heterocycles.